The highest BCUT2D eigenvalue weighted by molar-refractivity contribution is 6.03. The van der Waals surface area contributed by atoms with E-state index in [-0.39, 0.29) is 12.3 Å². The number of rotatable bonds is 4. The van der Waals surface area contributed by atoms with E-state index in [4.69, 9.17) is 5.73 Å². The van der Waals surface area contributed by atoms with Crippen LogP contribution in [0, 0.1) is 13.8 Å². The summed E-state index contributed by atoms with van der Waals surface area (Å²) in [6, 6.07) is 6.65. The molecule has 104 valence electrons. The van der Waals surface area contributed by atoms with Crippen molar-refractivity contribution in [3.8, 4) is 0 Å². The highest BCUT2D eigenvalue weighted by Gasteiger charge is 2.14. The number of carbonyl (C=O) groups excluding carboxylic acids is 2. The lowest BCUT2D eigenvalue weighted by atomic mass is 10.1. The zero-order chi connectivity index (χ0) is 14.7. The quantitative estimate of drug-likeness (QED) is 0.782. The fraction of sp³-hybridized carbons (Fsp3) is 0.214. The minimum absolute atomic E-state index is 0.196. The lowest BCUT2D eigenvalue weighted by Crippen LogP contribution is -2.19. The van der Waals surface area contributed by atoms with Crippen molar-refractivity contribution in [2.75, 3.05) is 5.32 Å². The zero-order valence-electron chi connectivity index (χ0n) is 11.4. The maximum absolute atomic E-state index is 12.1. The number of anilines is 1. The van der Waals surface area contributed by atoms with Crippen LogP contribution in [-0.2, 0) is 11.2 Å². The SMILES string of the molecule is Cc1n[nH]c(C)c1CC(=O)Nc1ccccc1C(N)=O. The molecule has 2 amide bonds. The Kier molecular flexibility index (Phi) is 3.84. The number of aromatic nitrogens is 2. The van der Waals surface area contributed by atoms with Crippen LogP contribution in [0.3, 0.4) is 0 Å². The Balaban J connectivity index is 2.15. The molecule has 1 heterocycles. The number of primary amides is 1. The maximum atomic E-state index is 12.1. The molecule has 0 spiro atoms. The minimum atomic E-state index is -0.573. The van der Waals surface area contributed by atoms with Gasteiger partial charge in [-0.2, -0.15) is 5.10 Å². The molecule has 0 saturated carbocycles. The second-order valence-electron chi connectivity index (χ2n) is 4.55. The Morgan fingerprint density at radius 3 is 2.60 bits per heavy atom. The van der Waals surface area contributed by atoms with E-state index in [9.17, 15) is 9.59 Å². The second-order valence-corrected chi connectivity index (χ2v) is 4.55. The number of amides is 2. The molecule has 0 atom stereocenters. The molecular formula is C14H16N4O2. The van der Waals surface area contributed by atoms with Crippen LogP contribution in [0.4, 0.5) is 5.69 Å². The highest BCUT2D eigenvalue weighted by Crippen LogP contribution is 2.16. The monoisotopic (exact) mass is 272 g/mol. The summed E-state index contributed by atoms with van der Waals surface area (Å²) in [6.07, 6.45) is 0.196. The molecule has 2 rings (SSSR count). The van der Waals surface area contributed by atoms with Crippen LogP contribution in [0.2, 0.25) is 0 Å². The molecule has 1 aromatic carbocycles. The van der Waals surface area contributed by atoms with Gasteiger partial charge >= 0.3 is 0 Å². The summed E-state index contributed by atoms with van der Waals surface area (Å²) >= 11 is 0. The summed E-state index contributed by atoms with van der Waals surface area (Å²) in [5.41, 5.74) is 8.50. The van der Waals surface area contributed by atoms with Gasteiger partial charge < -0.3 is 11.1 Å². The van der Waals surface area contributed by atoms with Gasteiger partial charge in [0.05, 0.1) is 23.4 Å². The number of nitrogens with zero attached hydrogens (tertiary/aromatic N) is 1. The van der Waals surface area contributed by atoms with Crippen molar-refractivity contribution in [1.82, 2.24) is 10.2 Å². The molecule has 0 aliphatic carbocycles. The molecule has 0 bridgehead atoms. The summed E-state index contributed by atoms with van der Waals surface area (Å²) < 4.78 is 0. The summed E-state index contributed by atoms with van der Waals surface area (Å²) in [6.45, 7) is 3.70. The largest absolute Gasteiger partial charge is 0.366 e. The lowest BCUT2D eigenvalue weighted by Gasteiger charge is -2.08. The van der Waals surface area contributed by atoms with Crippen LogP contribution in [0.5, 0.6) is 0 Å². The van der Waals surface area contributed by atoms with Crippen molar-refractivity contribution >= 4 is 17.5 Å². The second kappa shape index (κ2) is 5.56. The average Bonchev–Trinajstić information content (AvgIpc) is 2.71. The van der Waals surface area contributed by atoms with Gasteiger partial charge in [-0.25, -0.2) is 0 Å². The molecule has 0 fully saturated rings. The number of hydrogen-bond acceptors (Lipinski definition) is 3. The van der Waals surface area contributed by atoms with E-state index in [1.54, 1.807) is 24.3 Å². The first-order chi connectivity index (χ1) is 9.49. The molecule has 20 heavy (non-hydrogen) atoms. The minimum Gasteiger partial charge on any atom is -0.366 e. The summed E-state index contributed by atoms with van der Waals surface area (Å²) in [7, 11) is 0. The Labute approximate surface area is 116 Å². The molecule has 0 aliphatic heterocycles. The summed E-state index contributed by atoms with van der Waals surface area (Å²) in [5.74, 6) is -0.789. The first kappa shape index (κ1) is 13.8. The molecule has 0 unspecified atom stereocenters. The topological polar surface area (TPSA) is 101 Å². The van der Waals surface area contributed by atoms with Gasteiger partial charge in [-0.1, -0.05) is 12.1 Å². The maximum Gasteiger partial charge on any atom is 0.250 e. The molecular weight excluding hydrogens is 256 g/mol. The number of hydrogen-bond donors (Lipinski definition) is 3. The molecule has 6 nitrogen and oxygen atoms in total. The van der Waals surface area contributed by atoms with Crippen LogP contribution in [0.15, 0.2) is 24.3 Å². The van der Waals surface area contributed by atoms with Crippen molar-refractivity contribution in [1.29, 1.82) is 0 Å². The Morgan fingerprint density at radius 1 is 1.30 bits per heavy atom. The predicted molar refractivity (Wildman–Crippen MR) is 75.4 cm³/mol. The average molecular weight is 272 g/mol. The van der Waals surface area contributed by atoms with E-state index in [2.05, 4.69) is 15.5 Å². The summed E-state index contributed by atoms with van der Waals surface area (Å²) in [4.78, 5) is 23.3. The number of nitrogens with two attached hydrogens (primary N) is 1. The van der Waals surface area contributed by atoms with Gasteiger partial charge in [0.2, 0.25) is 5.91 Å². The molecule has 4 N–H and O–H groups in total. The molecule has 0 aliphatic rings. The van der Waals surface area contributed by atoms with Crippen molar-refractivity contribution in [2.45, 2.75) is 20.3 Å². The molecule has 0 saturated heterocycles. The fourth-order valence-corrected chi connectivity index (χ4v) is 2.00. The van der Waals surface area contributed by atoms with Gasteiger partial charge in [0.15, 0.2) is 0 Å². The first-order valence-electron chi connectivity index (χ1n) is 6.18. The fourth-order valence-electron chi connectivity index (χ4n) is 2.00. The Bertz CT molecular complexity index is 641. The third kappa shape index (κ3) is 2.85. The van der Waals surface area contributed by atoms with E-state index in [1.165, 1.54) is 0 Å². The van der Waals surface area contributed by atoms with E-state index < -0.39 is 5.91 Å². The zero-order valence-corrected chi connectivity index (χ0v) is 11.4. The number of aromatic amines is 1. The third-order valence-electron chi connectivity index (χ3n) is 3.08. The number of aryl methyl sites for hydroxylation is 2. The van der Waals surface area contributed by atoms with E-state index in [0.717, 1.165) is 17.0 Å². The standard InChI is InChI=1S/C14H16N4O2/c1-8-11(9(2)18-17-8)7-13(19)16-12-6-4-3-5-10(12)14(15)20/h3-6H,7H2,1-2H3,(H2,15,20)(H,16,19)(H,17,18). The highest BCUT2D eigenvalue weighted by atomic mass is 16.2. The van der Waals surface area contributed by atoms with Crippen LogP contribution in [-0.4, -0.2) is 22.0 Å². The van der Waals surface area contributed by atoms with Crippen LogP contribution in [0.1, 0.15) is 27.3 Å². The molecule has 0 radical (unpaired) electrons. The Hall–Kier alpha value is -2.63. The first-order valence-corrected chi connectivity index (χ1v) is 6.18. The Morgan fingerprint density at radius 2 is 2.00 bits per heavy atom. The van der Waals surface area contributed by atoms with Gasteiger partial charge in [0.25, 0.3) is 5.91 Å². The van der Waals surface area contributed by atoms with Gasteiger partial charge in [-0.05, 0) is 26.0 Å². The number of carbonyl (C=O) groups is 2. The van der Waals surface area contributed by atoms with Crippen molar-refractivity contribution < 1.29 is 9.59 Å². The van der Waals surface area contributed by atoms with Gasteiger partial charge in [-0.3, -0.25) is 14.7 Å². The molecule has 6 heteroatoms. The van der Waals surface area contributed by atoms with Crippen LogP contribution < -0.4 is 11.1 Å². The number of para-hydroxylation sites is 1. The van der Waals surface area contributed by atoms with Crippen molar-refractivity contribution in [2.24, 2.45) is 5.73 Å². The van der Waals surface area contributed by atoms with Crippen molar-refractivity contribution in [3.05, 3.63) is 46.8 Å². The number of nitrogens with one attached hydrogen (secondary N) is 2. The predicted octanol–water partition coefficient (Wildman–Crippen LogP) is 1.31. The van der Waals surface area contributed by atoms with Gasteiger partial charge in [0, 0.05) is 11.3 Å². The van der Waals surface area contributed by atoms with Gasteiger partial charge in [0.1, 0.15) is 0 Å². The lowest BCUT2D eigenvalue weighted by molar-refractivity contribution is -0.115. The molecule has 2 aromatic rings. The smallest absolute Gasteiger partial charge is 0.250 e. The van der Waals surface area contributed by atoms with Crippen LogP contribution >= 0.6 is 0 Å². The van der Waals surface area contributed by atoms with E-state index in [0.29, 0.717) is 11.3 Å². The number of H-pyrrole nitrogens is 1. The van der Waals surface area contributed by atoms with Crippen molar-refractivity contribution in [3.63, 3.8) is 0 Å². The van der Waals surface area contributed by atoms with Gasteiger partial charge in [-0.15, -0.1) is 0 Å². The van der Waals surface area contributed by atoms with E-state index in [1.807, 2.05) is 13.8 Å². The third-order valence-corrected chi connectivity index (χ3v) is 3.08. The van der Waals surface area contributed by atoms with Crippen LogP contribution in [0.25, 0.3) is 0 Å². The molecule has 1 aromatic heterocycles. The number of benzene rings is 1. The van der Waals surface area contributed by atoms with E-state index >= 15 is 0 Å². The normalized spacial score (nSPS) is 10.3. The summed E-state index contributed by atoms with van der Waals surface area (Å²) in [5, 5.41) is 9.58.